The van der Waals surface area contributed by atoms with Crippen LogP contribution in [0.4, 0.5) is 4.39 Å². The number of fused-ring (bicyclic) bond motifs is 1. The zero-order valence-electron chi connectivity index (χ0n) is 19.6. The first-order valence-corrected chi connectivity index (χ1v) is 13.2. The molecule has 2 aliphatic rings. The summed E-state index contributed by atoms with van der Waals surface area (Å²) in [4.78, 5) is 33.3. The molecule has 5 rings (SSSR count). The number of benzene rings is 2. The van der Waals surface area contributed by atoms with Gasteiger partial charge in [0.1, 0.15) is 5.82 Å². The summed E-state index contributed by atoms with van der Waals surface area (Å²) in [5.41, 5.74) is 2.60. The van der Waals surface area contributed by atoms with Gasteiger partial charge in [-0.15, -0.1) is 0 Å². The molecular formula is C28H29BrFN3O2. The van der Waals surface area contributed by atoms with Gasteiger partial charge in [0.05, 0.1) is 22.7 Å². The van der Waals surface area contributed by atoms with Crippen molar-refractivity contribution < 1.29 is 14.0 Å². The van der Waals surface area contributed by atoms with E-state index in [0.29, 0.717) is 29.9 Å². The van der Waals surface area contributed by atoms with Gasteiger partial charge < -0.3 is 10.2 Å². The van der Waals surface area contributed by atoms with Crippen molar-refractivity contribution in [2.24, 2.45) is 5.92 Å². The first-order valence-electron chi connectivity index (χ1n) is 12.4. The highest BCUT2D eigenvalue weighted by Crippen LogP contribution is 2.30. The Hall–Kier alpha value is -2.80. The van der Waals surface area contributed by atoms with Crippen LogP contribution in [0.2, 0.25) is 0 Å². The maximum absolute atomic E-state index is 13.8. The first kappa shape index (κ1) is 23.9. The molecule has 1 saturated heterocycles. The number of aromatic nitrogens is 1. The number of hydrogen-bond donors (Lipinski definition) is 1. The lowest BCUT2D eigenvalue weighted by Gasteiger charge is -2.33. The summed E-state index contributed by atoms with van der Waals surface area (Å²) >= 11 is 3.51. The minimum absolute atomic E-state index is 0.0729. The van der Waals surface area contributed by atoms with Crippen LogP contribution < -0.4 is 5.32 Å². The molecule has 1 atom stereocenters. The minimum Gasteiger partial charge on any atom is -0.353 e. The van der Waals surface area contributed by atoms with Crippen molar-refractivity contribution in [3.8, 4) is 11.3 Å². The summed E-state index contributed by atoms with van der Waals surface area (Å²) in [7, 11) is 0. The number of carbonyl (C=O) groups excluding carboxylic acids is 2. The normalized spacial score (nSPS) is 19.0. The summed E-state index contributed by atoms with van der Waals surface area (Å²) in [6.07, 6.45) is 7.27. The molecule has 35 heavy (non-hydrogen) atoms. The van der Waals surface area contributed by atoms with Crippen molar-refractivity contribution in [3.63, 3.8) is 0 Å². The second kappa shape index (κ2) is 10.4. The Bertz CT molecular complexity index is 1240. The third-order valence-electron chi connectivity index (χ3n) is 7.17. The number of hydrogen-bond acceptors (Lipinski definition) is 3. The van der Waals surface area contributed by atoms with Crippen LogP contribution >= 0.6 is 15.9 Å². The summed E-state index contributed by atoms with van der Waals surface area (Å²) in [5, 5.41) is 3.99. The molecule has 2 heterocycles. The second-order valence-electron chi connectivity index (χ2n) is 9.66. The van der Waals surface area contributed by atoms with Crippen LogP contribution in [-0.4, -0.2) is 40.8 Å². The predicted octanol–water partition coefficient (Wildman–Crippen LogP) is 6.10. The van der Waals surface area contributed by atoms with E-state index in [9.17, 15) is 14.0 Å². The number of nitrogens with one attached hydrogen (secondary N) is 1. The Morgan fingerprint density at radius 2 is 1.74 bits per heavy atom. The van der Waals surface area contributed by atoms with Gasteiger partial charge in [-0.1, -0.05) is 35.2 Å². The molecule has 0 radical (unpaired) electrons. The number of halogens is 2. The summed E-state index contributed by atoms with van der Waals surface area (Å²) in [6.45, 7) is 1.04. The maximum atomic E-state index is 13.8. The average molecular weight is 538 g/mol. The standard InChI is InChI=1S/C28H29BrFN3O2/c29-20-10-13-25-23(15-20)24(16-26(32-25)18-8-11-21(30)12-9-18)28(35)33-14-4-5-19(17-33)27(34)31-22-6-2-1-3-7-22/h8-13,15-16,19,22H,1-7,14,17H2,(H,31,34)/t19-/m1/s1. The molecule has 1 aromatic heterocycles. The van der Waals surface area contributed by atoms with Gasteiger partial charge in [0.25, 0.3) is 5.91 Å². The van der Waals surface area contributed by atoms with E-state index < -0.39 is 0 Å². The van der Waals surface area contributed by atoms with Crippen molar-refractivity contribution in [2.45, 2.75) is 51.0 Å². The molecular weight excluding hydrogens is 509 g/mol. The topological polar surface area (TPSA) is 62.3 Å². The fourth-order valence-corrected chi connectivity index (χ4v) is 5.62. The zero-order chi connectivity index (χ0) is 24.4. The van der Waals surface area contributed by atoms with E-state index in [-0.39, 0.29) is 29.6 Å². The highest BCUT2D eigenvalue weighted by atomic mass is 79.9. The quantitative estimate of drug-likeness (QED) is 0.437. The van der Waals surface area contributed by atoms with Crippen LogP contribution in [0, 0.1) is 11.7 Å². The van der Waals surface area contributed by atoms with Crippen LogP contribution in [0.3, 0.4) is 0 Å². The second-order valence-corrected chi connectivity index (χ2v) is 10.6. The minimum atomic E-state index is -0.319. The Balaban J connectivity index is 1.42. The van der Waals surface area contributed by atoms with Gasteiger partial charge in [-0.3, -0.25) is 9.59 Å². The monoisotopic (exact) mass is 537 g/mol. The van der Waals surface area contributed by atoms with Crippen LogP contribution in [0.1, 0.15) is 55.3 Å². The molecule has 0 spiro atoms. The number of nitrogens with zero attached hydrogens (tertiary/aromatic N) is 2. The van der Waals surface area contributed by atoms with Gasteiger partial charge in [-0.2, -0.15) is 0 Å². The van der Waals surface area contributed by atoms with Gasteiger partial charge in [-0.05, 0) is 74.2 Å². The number of amides is 2. The number of pyridine rings is 1. The molecule has 7 heteroatoms. The Labute approximate surface area is 213 Å². The molecule has 1 saturated carbocycles. The van der Waals surface area contributed by atoms with Gasteiger partial charge in [0.2, 0.25) is 5.91 Å². The van der Waals surface area contributed by atoms with E-state index in [2.05, 4.69) is 21.2 Å². The Kier molecular flexibility index (Phi) is 7.14. The number of likely N-dealkylation sites (tertiary alicyclic amines) is 1. The SMILES string of the molecule is O=C(NC1CCCCC1)[C@@H]1CCCN(C(=O)c2cc(-c3ccc(F)cc3)nc3ccc(Br)cc23)C1. The van der Waals surface area contributed by atoms with Crippen LogP contribution in [0.5, 0.6) is 0 Å². The van der Waals surface area contributed by atoms with E-state index >= 15 is 0 Å². The van der Waals surface area contributed by atoms with Crippen molar-refractivity contribution in [2.75, 3.05) is 13.1 Å². The van der Waals surface area contributed by atoms with E-state index in [1.165, 1.54) is 31.4 Å². The summed E-state index contributed by atoms with van der Waals surface area (Å²) < 4.78 is 14.3. The maximum Gasteiger partial charge on any atom is 0.254 e. The fraction of sp³-hybridized carbons (Fsp3) is 0.393. The van der Waals surface area contributed by atoms with Gasteiger partial charge in [-0.25, -0.2) is 9.37 Å². The number of carbonyl (C=O) groups is 2. The summed E-state index contributed by atoms with van der Waals surface area (Å²) in [5.74, 6) is -0.538. The molecule has 1 N–H and O–H groups in total. The predicted molar refractivity (Wildman–Crippen MR) is 138 cm³/mol. The van der Waals surface area contributed by atoms with E-state index in [1.54, 1.807) is 23.1 Å². The lowest BCUT2D eigenvalue weighted by atomic mass is 9.92. The first-order chi connectivity index (χ1) is 17.0. The highest BCUT2D eigenvalue weighted by Gasteiger charge is 2.31. The molecule has 2 amide bonds. The molecule has 2 aromatic carbocycles. The lowest BCUT2D eigenvalue weighted by molar-refractivity contribution is -0.127. The molecule has 0 bridgehead atoms. The molecule has 1 aliphatic heterocycles. The summed E-state index contributed by atoms with van der Waals surface area (Å²) in [6, 6.07) is 13.9. The van der Waals surface area contributed by atoms with Crippen molar-refractivity contribution in [1.82, 2.24) is 15.2 Å². The molecule has 3 aromatic rings. The lowest BCUT2D eigenvalue weighted by Crippen LogP contribution is -2.48. The molecule has 2 fully saturated rings. The number of rotatable bonds is 4. The van der Waals surface area contributed by atoms with Crippen molar-refractivity contribution in [3.05, 3.63) is 64.4 Å². The Morgan fingerprint density at radius 1 is 0.971 bits per heavy atom. The van der Waals surface area contributed by atoms with Crippen molar-refractivity contribution in [1.29, 1.82) is 0 Å². The smallest absolute Gasteiger partial charge is 0.254 e. The van der Waals surface area contributed by atoms with E-state index in [4.69, 9.17) is 4.98 Å². The third kappa shape index (κ3) is 5.40. The van der Waals surface area contributed by atoms with E-state index in [0.717, 1.165) is 41.1 Å². The molecule has 182 valence electrons. The van der Waals surface area contributed by atoms with Crippen molar-refractivity contribution >= 4 is 38.6 Å². The number of piperidine rings is 1. The van der Waals surface area contributed by atoms with Crippen LogP contribution in [0.25, 0.3) is 22.2 Å². The molecule has 5 nitrogen and oxygen atoms in total. The zero-order valence-corrected chi connectivity index (χ0v) is 21.2. The molecule has 0 unspecified atom stereocenters. The Morgan fingerprint density at radius 3 is 2.51 bits per heavy atom. The fourth-order valence-electron chi connectivity index (χ4n) is 5.26. The average Bonchev–Trinajstić information content (AvgIpc) is 2.89. The van der Waals surface area contributed by atoms with Gasteiger partial charge in [0.15, 0.2) is 0 Å². The van der Waals surface area contributed by atoms with Crippen LogP contribution in [-0.2, 0) is 4.79 Å². The largest absolute Gasteiger partial charge is 0.353 e. The van der Waals surface area contributed by atoms with Crippen LogP contribution in [0.15, 0.2) is 53.0 Å². The van der Waals surface area contributed by atoms with Gasteiger partial charge >= 0.3 is 0 Å². The molecule has 1 aliphatic carbocycles. The highest BCUT2D eigenvalue weighted by molar-refractivity contribution is 9.10. The van der Waals surface area contributed by atoms with Gasteiger partial charge in [0, 0.05) is 34.6 Å². The van der Waals surface area contributed by atoms with E-state index in [1.807, 2.05) is 18.2 Å². The third-order valence-corrected chi connectivity index (χ3v) is 7.67.